The van der Waals surface area contributed by atoms with Crippen LogP contribution < -0.4 is 0 Å². The van der Waals surface area contributed by atoms with E-state index in [-0.39, 0.29) is 23.8 Å². The Balaban J connectivity index is 2.01. The number of nitrogens with zero attached hydrogens (tertiary/aromatic N) is 2. The van der Waals surface area contributed by atoms with Gasteiger partial charge in [0.2, 0.25) is 5.91 Å². The summed E-state index contributed by atoms with van der Waals surface area (Å²) in [7, 11) is 0. The Morgan fingerprint density at radius 3 is 2.81 bits per heavy atom. The quantitative estimate of drug-likeness (QED) is 0.893. The van der Waals surface area contributed by atoms with Crippen molar-refractivity contribution in [3.05, 3.63) is 17.0 Å². The first-order valence-electron chi connectivity index (χ1n) is 7.76. The molecule has 1 amide bonds. The number of hydrogen-bond acceptors (Lipinski definition) is 3. The van der Waals surface area contributed by atoms with Gasteiger partial charge in [0, 0.05) is 30.6 Å². The largest absolute Gasteiger partial charge is 0.396 e. The normalized spacial score (nSPS) is 24.1. The fourth-order valence-corrected chi connectivity index (χ4v) is 3.44. The number of hydrogen-bond donors (Lipinski definition) is 2. The maximum Gasteiger partial charge on any atom is 0.223 e. The number of carbonyl (C=O) groups is 1. The molecule has 1 aromatic rings. The van der Waals surface area contributed by atoms with E-state index in [1.54, 1.807) is 0 Å². The highest BCUT2D eigenvalue weighted by molar-refractivity contribution is 5.77. The van der Waals surface area contributed by atoms with Gasteiger partial charge in [-0.25, -0.2) is 0 Å². The first kappa shape index (κ1) is 16.0. The molecule has 2 heterocycles. The average molecular weight is 293 g/mol. The van der Waals surface area contributed by atoms with E-state index >= 15 is 0 Å². The van der Waals surface area contributed by atoms with E-state index in [0.717, 1.165) is 36.3 Å². The number of aromatic amines is 1. The van der Waals surface area contributed by atoms with Crippen LogP contribution in [0.5, 0.6) is 0 Å². The zero-order valence-corrected chi connectivity index (χ0v) is 13.6. The van der Waals surface area contributed by atoms with Crippen molar-refractivity contribution in [3.63, 3.8) is 0 Å². The van der Waals surface area contributed by atoms with E-state index in [4.69, 9.17) is 0 Å². The molecule has 2 rings (SSSR count). The van der Waals surface area contributed by atoms with Crippen molar-refractivity contribution >= 4 is 5.91 Å². The van der Waals surface area contributed by atoms with Crippen LogP contribution in [-0.2, 0) is 4.79 Å². The highest BCUT2D eigenvalue weighted by Crippen LogP contribution is 2.31. The average Bonchev–Trinajstić information content (AvgIpc) is 2.78. The summed E-state index contributed by atoms with van der Waals surface area (Å²) in [6.07, 6.45) is 2.46. The van der Waals surface area contributed by atoms with Crippen molar-refractivity contribution in [1.82, 2.24) is 15.1 Å². The number of carbonyl (C=O) groups excluding carboxylic acids is 1. The van der Waals surface area contributed by atoms with Crippen molar-refractivity contribution in [1.29, 1.82) is 0 Å². The smallest absolute Gasteiger partial charge is 0.223 e. The SMILES string of the molecule is Cc1n[nH]c(C)c1C(C)CC(=O)N1CCCC(C)(CO)C1. The minimum atomic E-state index is -0.140. The molecule has 2 unspecified atom stereocenters. The summed E-state index contributed by atoms with van der Waals surface area (Å²) < 4.78 is 0. The molecule has 1 aliphatic heterocycles. The zero-order chi connectivity index (χ0) is 15.6. The van der Waals surface area contributed by atoms with Crippen LogP contribution in [0.1, 0.15) is 56.0 Å². The van der Waals surface area contributed by atoms with Gasteiger partial charge in [-0.05, 0) is 38.2 Å². The number of likely N-dealkylation sites (tertiary alicyclic amines) is 1. The predicted octanol–water partition coefficient (Wildman–Crippen LogP) is 2.14. The second-order valence-corrected chi connectivity index (χ2v) is 6.84. The number of piperidine rings is 1. The van der Waals surface area contributed by atoms with Crippen LogP contribution in [0.3, 0.4) is 0 Å². The molecule has 1 saturated heterocycles. The van der Waals surface area contributed by atoms with E-state index < -0.39 is 0 Å². The Hall–Kier alpha value is -1.36. The third-order valence-electron chi connectivity index (χ3n) is 4.67. The molecule has 5 nitrogen and oxygen atoms in total. The summed E-state index contributed by atoms with van der Waals surface area (Å²) in [6, 6.07) is 0. The minimum absolute atomic E-state index is 0.140. The van der Waals surface area contributed by atoms with Crippen molar-refractivity contribution in [3.8, 4) is 0 Å². The molecular formula is C16H27N3O2. The molecule has 0 aliphatic carbocycles. The van der Waals surface area contributed by atoms with Gasteiger partial charge in [-0.1, -0.05) is 13.8 Å². The van der Waals surface area contributed by atoms with Gasteiger partial charge in [-0.2, -0.15) is 5.10 Å². The van der Waals surface area contributed by atoms with Gasteiger partial charge >= 0.3 is 0 Å². The third-order valence-corrected chi connectivity index (χ3v) is 4.67. The Kier molecular flexibility index (Phi) is 4.71. The second-order valence-electron chi connectivity index (χ2n) is 6.84. The summed E-state index contributed by atoms with van der Waals surface area (Å²) in [5.41, 5.74) is 3.04. The summed E-state index contributed by atoms with van der Waals surface area (Å²) >= 11 is 0. The molecular weight excluding hydrogens is 266 g/mol. The molecule has 0 aromatic carbocycles. The number of H-pyrrole nitrogens is 1. The van der Waals surface area contributed by atoms with Crippen molar-refractivity contribution in [2.45, 2.75) is 52.9 Å². The van der Waals surface area contributed by atoms with Crippen LogP contribution in [0.2, 0.25) is 0 Å². The molecule has 1 aliphatic rings. The molecule has 0 saturated carbocycles. The second kappa shape index (κ2) is 6.18. The summed E-state index contributed by atoms with van der Waals surface area (Å²) in [5.74, 6) is 0.348. The Morgan fingerprint density at radius 2 is 2.24 bits per heavy atom. The molecule has 2 atom stereocenters. The van der Waals surface area contributed by atoms with Gasteiger partial charge in [-0.3, -0.25) is 9.89 Å². The lowest BCUT2D eigenvalue weighted by Crippen LogP contribution is -2.46. The van der Waals surface area contributed by atoms with Crippen molar-refractivity contribution in [2.24, 2.45) is 5.41 Å². The minimum Gasteiger partial charge on any atom is -0.396 e. The summed E-state index contributed by atoms with van der Waals surface area (Å²) in [4.78, 5) is 14.5. The van der Waals surface area contributed by atoms with Gasteiger partial charge in [0.1, 0.15) is 0 Å². The fraction of sp³-hybridized carbons (Fsp3) is 0.750. The molecule has 2 N–H and O–H groups in total. The van der Waals surface area contributed by atoms with E-state index in [1.165, 1.54) is 0 Å². The van der Waals surface area contributed by atoms with Crippen molar-refractivity contribution in [2.75, 3.05) is 19.7 Å². The molecule has 0 bridgehead atoms. The molecule has 5 heteroatoms. The maximum absolute atomic E-state index is 12.5. The summed E-state index contributed by atoms with van der Waals surface area (Å²) in [5, 5.41) is 16.7. The Bertz CT molecular complexity index is 492. The van der Waals surface area contributed by atoms with Gasteiger partial charge in [0.05, 0.1) is 12.3 Å². The van der Waals surface area contributed by atoms with E-state index in [9.17, 15) is 9.90 Å². The number of rotatable bonds is 4. The molecule has 118 valence electrons. The number of aliphatic hydroxyl groups excluding tert-OH is 1. The van der Waals surface area contributed by atoms with E-state index in [0.29, 0.717) is 13.0 Å². The topological polar surface area (TPSA) is 69.2 Å². The van der Waals surface area contributed by atoms with Gasteiger partial charge < -0.3 is 10.0 Å². The number of aromatic nitrogens is 2. The third kappa shape index (κ3) is 3.46. The summed E-state index contributed by atoms with van der Waals surface area (Å²) in [6.45, 7) is 9.73. The Morgan fingerprint density at radius 1 is 1.52 bits per heavy atom. The first-order valence-corrected chi connectivity index (χ1v) is 7.76. The number of aryl methyl sites for hydroxylation is 2. The van der Waals surface area contributed by atoms with Gasteiger partial charge in [-0.15, -0.1) is 0 Å². The number of nitrogens with one attached hydrogen (secondary N) is 1. The maximum atomic E-state index is 12.5. The monoisotopic (exact) mass is 293 g/mol. The molecule has 1 aromatic heterocycles. The van der Waals surface area contributed by atoms with Crippen LogP contribution in [0.15, 0.2) is 0 Å². The van der Waals surface area contributed by atoms with E-state index in [1.807, 2.05) is 18.7 Å². The standard InChI is InChI=1S/C16H27N3O2/c1-11(15-12(2)17-18-13(15)3)8-14(21)19-7-5-6-16(4,9-19)10-20/h11,20H,5-10H2,1-4H3,(H,17,18). The zero-order valence-electron chi connectivity index (χ0n) is 13.6. The van der Waals surface area contributed by atoms with Crippen LogP contribution in [-0.4, -0.2) is 45.8 Å². The van der Waals surface area contributed by atoms with Crippen LogP contribution in [0, 0.1) is 19.3 Å². The highest BCUT2D eigenvalue weighted by atomic mass is 16.3. The van der Waals surface area contributed by atoms with Gasteiger partial charge in [0.25, 0.3) is 0 Å². The number of aliphatic hydroxyl groups is 1. The number of amides is 1. The fourth-order valence-electron chi connectivity index (χ4n) is 3.44. The van der Waals surface area contributed by atoms with Gasteiger partial charge in [0.15, 0.2) is 0 Å². The molecule has 1 fully saturated rings. The lowest BCUT2D eigenvalue weighted by molar-refractivity contribution is -0.135. The van der Waals surface area contributed by atoms with Crippen molar-refractivity contribution < 1.29 is 9.90 Å². The lowest BCUT2D eigenvalue weighted by Gasteiger charge is -2.39. The predicted molar refractivity (Wildman–Crippen MR) is 82.1 cm³/mol. The van der Waals surface area contributed by atoms with Crippen LogP contribution in [0.25, 0.3) is 0 Å². The lowest BCUT2D eigenvalue weighted by atomic mass is 9.82. The molecule has 0 spiro atoms. The molecule has 0 radical (unpaired) electrons. The molecule has 21 heavy (non-hydrogen) atoms. The van der Waals surface area contributed by atoms with Crippen LogP contribution >= 0.6 is 0 Å². The van der Waals surface area contributed by atoms with Crippen LogP contribution in [0.4, 0.5) is 0 Å². The first-order chi connectivity index (χ1) is 9.86. The van der Waals surface area contributed by atoms with E-state index in [2.05, 4.69) is 24.0 Å². The Labute approximate surface area is 126 Å². The highest BCUT2D eigenvalue weighted by Gasteiger charge is 2.33.